The molecule has 2 rings (SSSR count). The van der Waals surface area contributed by atoms with Crippen molar-refractivity contribution in [1.29, 1.82) is 0 Å². The van der Waals surface area contributed by atoms with E-state index in [1.807, 2.05) is 12.1 Å². The fraction of sp³-hybridized carbons (Fsp3) is 0.364. The Labute approximate surface area is 77.6 Å². The first-order valence-corrected chi connectivity index (χ1v) is 4.42. The number of nitrogens with zero attached hydrogens (tertiary/aromatic N) is 1. The Hall–Kier alpha value is -1.31. The van der Waals surface area contributed by atoms with Gasteiger partial charge in [-0.3, -0.25) is 0 Å². The molecule has 0 saturated heterocycles. The van der Waals surface area contributed by atoms with Crippen molar-refractivity contribution in [2.24, 2.45) is 0 Å². The first-order chi connectivity index (χ1) is 6.09. The number of benzene rings is 1. The molecule has 0 bridgehead atoms. The van der Waals surface area contributed by atoms with Gasteiger partial charge in [-0.1, -0.05) is 32.9 Å². The quantitative estimate of drug-likeness (QED) is 0.614. The van der Waals surface area contributed by atoms with Crippen LogP contribution in [0.3, 0.4) is 0 Å². The predicted octanol–water partition coefficient (Wildman–Crippen LogP) is 3.13. The summed E-state index contributed by atoms with van der Waals surface area (Å²) in [4.78, 5) is 4.13. The van der Waals surface area contributed by atoms with E-state index in [0.29, 0.717) is 0 Å². The van der Waals surface area contributed by atoms with Gasteiger partial charge in [0.1, 0.15) is 5.52 Å². The molecule has 0 saturated carbocycles. The molecule has 0 amide bonds. The van der Waals surface area contributed by atoms with Crippen molar-refractivity contribution in [3.63, 3.8) is 0 Å². The molecule has 0 fully saturated rings. The molecule has 0 atom stereocenters. The summed E-state index contributed by atoms with van der Waals surface area (Å²) >= 11 is 0. The summed E-state index contributed by atoms with van der Waals surface area (Å²) in [5.41, 5.74) is 3.17. The Balaban J connectivity index is 2.75. The van der Waals surface area contributed by atoms with E-state index in [0.717, 1.165) is 11.1 Å². The number of aromatic nitrogens is 1. The Kier molecular flexibility index (Phi) is 1.65. The van der Waals surface area contributed by atoms with Crippen LogP contribution in [0.25, 0.3) is 11.1 Å². The van der Waals surface area contributed by atoms with Crippen LogP contribution in [0, 0.1) is 0 Å². The van der Waals surface area contributed by atoms with Crippen molar-refractivity contribution in [2.45, 2.75) is 26.2 Å². The molecule has 68 valence electrons. The van der Waals surface area contributed by atoms with Gasteiger partial charge >= 0.3 is 0 Å². The molecule has 0 radical (unpaired) electrons. The maximum atomic E-state index is 5.36. The van der Waals surface area contributed by atoms with Crippen molar-refractivity contribution in [1.82, 2.24) is 4.98 Å². The third kappa shape index (κ3) is 1.32. The van der Waals surface area contributed by atoms with Gasteiger partial charge in [0, 0.05) is 5.56 Å². The summed E-state index contributed by atoms with van der Waals surface area (Å²) in [5.74, 6) is 0. The van der Waals surface area contributed by atoms with Gasteiger partial charge in [-0.25, -0.2) is 4.98 Å². The minimum Gasteiger partial charge on any atom is -0.443 e. The Morgan fingerprint density at radius 1 is 1.23 bits per heavy atom. The van der Waals surface area contributed by atoms with Gasteiger partial charge in [0.15, 0.2) is 12.0 Å². The fourth-order valence-corrected chi connectivity index (χ4v) is 1.48. The molecule has 13 heavy (non-hydrogen) atoms. The molecular formula is C11H13NO. The third-order valence-corrected chi connectivity index (χ3v) is 2.16. The van der Waals surface area contributed by atoms with Crippen molar-refractivity contribution in [3.05, 3.63) is 30.2 Å². The lowest BCUT2D eigenvalue weighted by Crippen LogP contribution is -2.10. The van der Waals surface area contributed by atoms with E-state index in [2.05, 4.69) is 31.8 Å². The Bertz CT molecular complexity index is 423. The van der Waals surface area contributed by atoms with Gasteiger partial charge in [0.2, 0.25) is 0 Å². The number of para-hydroxylation sites is 1. The summed E-state index contributed by atoms with van der Waals surface area (Å²) in [6.07, 6.45) is 1.50. The first kappa shape index (κ1) is 8.30. The zero-order valence-corrected chi connectivity index (χ0v) is 8.16. The number of hydrogen-bond acceptors (Lipinski definition) is 2. The summed E-state index contributed by atoms with van der Waals surface area (Å²) in [5, 5.41) is 0. The van der Waals surface area contributed by atoms with Gasteiger partial charge < -0.3 is 4.42 Å². The summed E-state index contributed by atoms with van der Waals surface area (Å²) in [6, 6.07) is 6.08. The SMILES string of the molecule is CC(C)(C)c1cccc2ncoc12. The topological polar surface area (TPSA) is 26.0 Å². The van der Waals surface area contributed by atoms with Crippen LogP contribution in [-0.2, 0) is 5.41 Å². The highest BCUT2D eigenvalue weighted by Crippen LogP contribution is 2.28. The molecule has 1 aromatic heterocycles. The van der Waals surface area contributed by atoms with E-state index in [1.165, 1.54) is 12.0 Å². The maximum Gasteiger partial charge on any atom is 0.181 e. The van der Waals surface area contributed by atoms with E-state index < -0.39 is 0 Å². The van der Waals surface area contributed by atoms with Crippen molar-refractivity contribution < 1.29 is 4.42 Å². The standard InChI is InChI=1S/C11H13NO/c1-11(2,3)8-5-4-6-9-10(8)13-7-12-9/h4-7H,1-3H3. The van der Waals surface area contributed by atoms with Crippen LogP contribution in [0.15, 0.2) is 29.0 Å². The molecule has 0 unspecified atom stereocenters. The number of hydrogen-bond donors (Lipinski definition) is 0. The van der Waals surface area contributed by atoms with Crippen molar-refractivity contribution >= 4 is 11.1 Å². The smallest absolute Gasteiger partial charge is 0.181 e. The number of oxazole rings is 1. The molecule has 1 heterocycles. The molecular weight excluding hydrogens is 162 g/mol. The minimum atomic E-state index is 0.110. The summed E-state index contributed by atoms with van der Waals surface area (Å²) in [7, 11) is 0. The molecule has 2 heteroatoms. The van der Waals surface area contributed by atoms with Gasteiger partial charge in [0.05, 0.1) is 0 Å². The van der Waals surface area contributed by atoms with Crippen LogP contribution in [0.5, 0.6) is 0 Å². The summed E-state index contributed by atoms with van der Waals surface area (Å²) in [6.45, 7) is 6.51. The van der Waals surface area contributed by atoms with Crippen LogP contribution in [0.1, 0.15) is 26.3 Å². The second kappa shape index (κ2) is 2.59. The lowest BCUT2D eigenvalue weighted by Gasteiger charge is -2.18. The summed E-state index contributed by atoms with van der Waals surface area (Å²) < 4.78 is 5.36. The Morgan fingerprint density at radius 2 is 2.00 bits per heavy atom. The largest absolute Gasteiger partial charge is 0.443 e. The Morgan fingerprint density at radius 3 is 2.69 bits per heavy atom. The number of fused-ring (bicyclic) bond motifs is 1. The van der Waals surface area contributed by atoms with Crippen LogP contribution in [-0.4, -0.2) is 4.98 Å². The normalized spacial score (nSPS) is 12.2. The zero-order valence-electron chi connectivity index (χ0n) is 8.16. The molecule has 0 spiro atoms. The van der Waals surface area contributed by atoms with Crippen molar-refractivity contribution in [3.8, 4) is 0 Å². The van der Waals surface area contributed by atoms with E-state index in [1.54, 1.807) is 0 Å². The zero-order chi connectivity index (χ0) is 9.47. The minimum absolute atomic E-state index is 0.110. The highest BCUT2D eigenvalue weighted by Gasteiger charge is 2.18. The molecule has 2 nitrogen and oxygen atoms in total. The van der Waals surface area contributed by atoms with E-state index >= 15 is 0 Å². The van der Waals surface area contributed by atoms with E-state index in [4.69, 9.17) is 4.42 Å². The van der Waals surface area contributed by atoms with Crippen molar-refractivity contribution in [2.75, 3.05) is 0 Å². The van der Waals surface area contributed by atoms with Gasteiger partial charge in [-0.15, -0.1) is 0 Å². The molecule has 0 aliphatic heterocycles. The van der Waals surface area contributed by atoms with Gasteiger partial charge in [-0.05, 0) is 11.5 Å². The maximum absolute atomic E-state index is 5.36. The number of rotatable bonds is 0. The lowest BCUT2D eigenvalue weighted by molar-refractivity contribution is 0.554. The molecule has 0 N–H and O–H groups in total. The second-order valence-corrected chi connectivity index (χ2v) is 4.26. The molecule has 1 aromatic carbocycles. The van der Waals surface area contributed by atoms with Crippen LogP contribution in [0.4, 0.5) is 0 Å². The average molecular weight is 175 g/mol. The lowest BCUT2D eigenvalue weighted by atomic mass is 9.86. The highest BCUT2D eigenvalue weighted by molar-refractivity contribution is 5.76. The van der Waals surface area contributed by atoms with Crippen LogP contribution in [0.2, 0.25) is 0 Å². The van der Waals surface area contributed by atoms with Crippen LogP contribution >= 0.6 is 0 Å². The van der Waals surface area contributed by atoms with E-state index in [-0.39, 0.29) is 5.41 Å². The van der Waals surface area contributed by atoms with Gasteiger partial charge in [-0.2, -0.15) is 0 Å². The first-order valence-electron chi connectivity index (χ1n) is 4.42. The molecule has 0 aliphatic rings. The fourth-order valence-electron chi connectivity index (χ4n) is 1.48. The van der Waals surface area contributed by atoms with Gasteiger partial charge in [0.25, 0.3) is 0 Å². The highest BCUT2D eigenvalue weighted by atomic mass is 16.3. The van der Waals surface area contributed by atoms with E-state index in [9.17, 15) is 0 Å². The second-order valence-electron chi connectivity index (χ2n) is 4.26. The average Bonchev–Trinajstić information content (AvgIpc) is 2.48. The monoisotopic (exact) mass is 175 g/mol. The predicted molar refractivity (Wildman–Crippen MR) is 52.7 cm³/mol. The molecule has 0 aliphatic carbocycles. The van der Waals surface area contributed by atoms with Crippen LogP contribution < -0.4 is 0 Å². The molecule has 2 aromatic rings. The third-order valence-electron chi connectivity index (χ3n) is 2.16.